The number of pyridine rings is 1. The maximum Gasteiger partial charge on any atom is 0.335 e. The molecule has 41 heavy (non-hydrogen) atoms. The maximum absolute atomic E-state index is 14.5. The highest BCUT2D eigenvalue weighted by Gasteiger charge is 2.55. The molecule has 2 unspecified atom stereocenters. The van der Waals surface area contributed by atoms with Gasteiger partial charge in [-0.15, -0.1) is 0 Å². The molecule has 212 valence electrons. The van der Waals surface area contributed by atoms with E-state index in [0.717, 1.165) is 34.6 Å². The number of fused-ring (bicyclic) bond motifs is 4. The fraction of sp³-hybridized carbons (Fsp3) is 0.375. The lowest BCUT2D eigenvalue weighted by Crippen LogP contribution is -2.68. The topological polar surface area (TPSA) is 101 Å². The standard InChI is InChI=1S/C32H34N4O5/c1-3-21-7-11-25(12-8-21)36-30(39)32(29(38)33-31(36)40,16-22-9-13-26(41-2)14-10-22)20-34-17-23-15-24(19-34)27-5-4-6-28(37)35(27)18-23/h4-14,23-24H,3,15-20H2,1-2H3,(H,33,38,40)/t23?,24-,32?/m0/s1. The van der Waals surface area contributed by atoms with Gasteiger partial charge in [0.2, 0.25) is 5.91 Å². The van der Waals surface area contributed by atoms with Crippen LogP contribution in [0.5, 0.6) is 5.75 Å². The van der Waals surface area contributed by atoms with Crippen molar-refractivity contribution in [2.24, 2.45) is 11.3 Å². The van der Waals surface area contributed by atoms with Crippen molar-refractivity contribution in [1.29, 1.82) is 0 Å². The number of anilines is 1. The number of amides is 4. The van der Waals surface area contributed by atoms with Crippen LogP contribution in [-0.4, -0.2) is 54.1 Å². The SMILES string of the molecule is CCc1ccc(N2C(=O)NC(=O)C(Cc3ccc(OC)cc3)(CN3CC4C[C@@H](C3)c3cccc(=O)n3C4)C2=O)cc1. The van der Waals surface area contributed by atoms with E-state index >= 15 is 0 Å². The van der Waals surface area contributed by atoms with E-state index in [2.05, 4.69) is 10.2 Å². The molecule has 3 aromatic rings. The molecular formula is C32H34N4O5. The minimum atomic E-state index is -1.53. The lowest BCUT2D eigenvalue weighted by atomic mass is 9.75. The average molecular weight is 555 g/mol. The molecule has 0 saturated carbocycles. The Morgan fingerprint density at radius 1 is 0.902 bits per heavy atom. The first kappa shape index (κ1) is 27.0. The molecule has 6 rings (SSSR count). The van der Waals surface area contributed by atoms with Gasteiger partial charge in [0.05, 0.1) is 12.8 Å². The van der Waals surface area contributed by atoms with Crippen LogP contribution >= 0.6 is 0 Å². The van der Waals surface area contributed by atoms with Gasteiger partial charge in [-0.3, -0.25) is 19.7 Å². The molecular weight excluding hydrogens is 520 g/mol. The first-order valence-corrected chi connectivity index (χ1v) is 14.1. The molecule has 2 fully saturated rings. The zero-order chi connectivity index (χ0) is 28.7. The van der Waals surface area contributed by atoms with E-state index in [1.165, 1.54) is 0 Å². The number of nitrogens with one attached hydrogen (secondary N) is 1. The molecule has 4 heterocycles. The number of hydrogen-bond donors (Lipinski definition) is 1. The summed E-state index contributed by atoms with van der Waals surface area (Å²) in [5.74, 6) is -0.0976. The molecule has 3 aliphatic rings. The lowest BCUT2D eigenvalue weighted by Gasteiger charge is -2.47. The van der Waals surface area contributed by atoms with E-state index in [-0.39, 0.29) is 30.4 Å². The predicted molar refractivity (Wildman–Crippen MR) is 154 cm³/mol. The molecule has 0 spiro atoms. The first-order chi connectivity index (χ1) is 19.8. The number of piperidine rings is 1. The number of methoxy groups -OCH3 is 1. The Balaban J connectivity index is 1.37. The number of carbonyl (C=O) groups is 3. The van der Waals surface area contributed by atoms with E-state index < -0.39 is 23.3 Å². The number of nitrogens with zero attached hydrogens (tertiary/aromatic N) is 3. The van der Waals surface area contributed by atoms with Crippen LogP contribution in [0.3, 0.4) is 0 Å². The molecule has 0 aliphatic carbocycles. The van der Waals surface area contributed by atoms with E-state index in [1.54, 1.807) is 43.5 Å². The maximum atomic E-state index is 14.5. The van der Waals surface area contributed by atoms with Crippen LogP contribution in [0.2, 0.25) is 0 Å². The van der Waals surface area contributed by atoms with Crippen molar-refractivity contribution in [1.82, 2.24) is 14.8 Å². The van der Waals surface area contributed by atoms with Gasteiger partial charge in [-0.25, -0.2) is 9.69 Å². The molecule has 2 bridgehead atoms. The second kappa shape index (κ2) is 10.6. The van der Waals surface area contributed by atoms with Gasteiger partial charge in [-0.2, -0.15) is 0 Å². The van der Waals surface area contributed by atoms with Crippen molar-refractivity contribution in [3.05, 3.63) is 93.9 Å². The van der Waals surface area contributed by atoms with Crippen LogP contribution in [-0.2, 0) is 29.0 Å². The van der Waals surface area contributed by atoms with Crippen molar-refractivity contribution in [2.45, 2.75) is 38.6 Å². The number of aromatic nitrogens is 1. The van der Waals surface area contributed by atoms with Gasteiger partial charge in [0.25, 0.3) is 11.5 Å². The van der Waals surface area contributed by atoms with E-state index in [0.29, 0.717) is 31.1 Å². The van der Waals surface area contributed by atoms with Crippen molar-refractivity contribution in [3.63, 3.8) is 0 Å². The van der Waals surface area contributed by atoms with E-state index in [1.807, 2.05) is 41.8 Å². The number of benzene rings is 2. The van der Waals surface area contributed by atoms with Crippen LogP contribution in [0.4, 0.5) is 10.5 Å². The Morgan fingerprint density at radius 2 is 1.63 bits per heavy atom. The number of aryl methyl sites for hydroxylation is 1. The molecule has 4 amide bonds. The normalized spacial score (nSPS) is 24.1. The zero-order valence-electron chi connectivity index (χ0n) is 23.3. The van der Waals surface area contributed by atoms with Crippen molar-refractivity contribution in [2.75, 3.05) is 31.6 Å². The number of hydrogen-bond acceptors (Lipinski definition) is 6. The Hall–Kier alpha value is -4.24. The summed E-state index contributed by atoms with van der Waals surface area (Å²) >= 11 is 0. The molecule has 3 atom stereocenters. The number of likely N-dealkylation sites (tertiary alicyclic amines) is 1. The third-order valence-corrected chi connectivity index (χ3v) is 8.79. The molecule has 1 aromatic heterocycles. The van der Waals surface area contributed by atoms with E-state index in [9.17, 15) is 19.2 Å². The van der Waals surface area contributed by atoms with Crippen molar-refractivity contribution in [3.8, 4) is 5.75 Å². The zero-order valence-corrected chi connectivity index (χ0v) is 23.3. The summed E-state index contributed by atoms with van der Waals surface area (Å²) < 4.78 is 7.17. The summed E-state index contributed by atoms with van der Waals surface area (Å²) in [6.45, 7) is 4.08. The molecule has 9 heteroatoms. The summed E-state index contributed by atoms with van der Waals surface area (Å²) in [4.78, 5) is 57.2. The Morgan fingerprint density at radius 3 is 2.34 bits per heavy atom. The monoisotopic (exact) mass is 554 g/mol. The summed E-state index contributed by atoms with van der Waals surface area (Å²) in [7, 11) is 1.58. The van der Waals surface area contributed by atoms with Gasteiger partial charge < -0.3 is 14.2 Å². The van der Waals surface area contributed by atoms with Crippen LogP contribution in [0.25, 0.3) is 0 Å². The van der Waals surface area contributed by atoms with Gasteiger partial charge in [0, 0.05) is 43.9 Å². The Labute approximate surface area is 238 Å². The van der Waals surface area contributed by atoms with Crippen LogP contribution in [0.1, 0.15) is 36.1 Å². The van der Waals surface area contributed by atoms with Gasteiger partial charge in [0.15, 0.2) is 0 Å². The smallest absolute Gasteiger partial charge is 0.335 e. The number of barbiturate groups is 1. The van der Waals surface area contributed by atoms with Crippen molar-refractivity contribution >= 4 is 23.5 Å². The van der Waals surface area contributed by atoms with Crippen LogP contribution in [0.15, 0.2) is 71.5 Å². The fourth-order valence-corrected chi connectivity index (χ4v) is 6.74. The van der Waals surface area contributed by atoms with Crippen LogP contribution < -0.4 is 20.5 Å². The summed E-state index contributed by atoms with van der Waals surface area (Å²) in [5.41, 5.74) is 1.77. The number of imide groups is 2. The lowest BCUT2D eigenvalue weighted by molar-refractivity contribution is -0.144. The molecule has 1 N–H and O–H groups in total. The third kappa shape index (κ3) is 4.84. The van der Waals surface area contributed by atoms with Gasteiger partial charge in [0.1, 0.15) is 11.2 Å². The summed E-state index contributed by atoms with van der Waals surface area (Å²) in [6.07, 6.45) is 1.91. The van der Waals surface area contributed by atoms with Gasteiger partial charge in [-0.05, 0) is 66.6 Å². The molecule has 2 aromatic carbocycles. The summed E-state index contributed by atoms with van der Waals surface area (Å²) in [6, 6.07) is 19.3. The molecule has 2 saturated heterocycles. The van der Waals surface area contributed by atoms with Gasteiger partial charge in [-0.1, -0.05) is 37.3 Å². The highest BCUT2D eigenvalue weighted by atomic mass is 16.5. The quantitative estimate of drug-likeness (QED) is 0.450. The Bertz CT molecular complexity index is 1550. The van der Waals surface area contributed by atoms with Crippen molar-refractivity contribution < 1.29 is 19.1 Å². The molecule has 0 radical (unpaired) electrons. The summed E-state index contributed by atoms with van der Waals surface area (Å²) in [5, 5.41) is 2.51. The minimum Gasteiger partial charge on any atom is -0.497 e. The van der Waals surface area contributed by atoms with Crippen LogP contribution in [0, 0.1) is 11.3 Å². The van der Waals surface area contributed by atoms with Gasteiger partial charge >= 0.3 is 6.03 Å². The number of urea groups is 1. The largest absolute Gasteiger partial charge is 0.497 e. The highest BCUT2D eigenvalue weighted by molar-refractivity contribution is 6.30. The Kier molecular flexibility index (Phi) is 6.99. The number of ether oxygens (including phenoxy) is 1. The molecule has 9 nitrogen and oxygen atoms in total. The highest BCUT2D eigenvalue weighted by Crippen LogP contribution is 2.39. The second-order valence-electron chi connectivity index (χ2n) is 11.4. The second-order valence-corrected chi connectivity index (χ2v) is 11.4. The molecule has 3 aliphatic heterocycles. The number of carbonyl (C=O) groups excluding carboxylic acids is 3. The third-order valence-electron chi connectivity index (χ3n) is 8.79. The average Bonchev–Trinajstić information content (AvgIpc) is 2.97. The predicted octanol–water partition coefficient (Wildman–Crippen LogP) is 3.35. The fourth-order valence-electron chi connectivity index (χ4n) is 6.74. The first-order valence-electron chi connectivity index (χ1n) is 14.1. The minimum absolute atomic E-state index is 0.00621. The van der Waals surface area contributed by atoms with E-state index in [4.69, 9.17) is 4.74 Å². The number of rotatable bonds is 7.